The number of ether oxygens (including phenoxy) is 2. The molecule has 0 aliphatic carbocycles. The number of rotatable bonds is 4. The molecule has 1 aromatic carbocycles. The van der Waals surface area contributed by atoms with Crippen LogP contribution in [0.2, 0.25) is 5.02 Å². The van der Waals surface area contributed by atoms with Crippen molar-refractivity contribution in [1.29, 1.82) is 0 Å². The molecule has 2 aliphatic heterocycles. The monoisotopic (exact) mass is 338 g/mol. The summed E-state index contributed by atoms with van der Waals surface area (Å²) in [7, 11) is 1.82. The molecule has 0 unspecified atom stereocenters. The van der Waals surface area contributed by atoms with E-state index in [-0.39, 0.29) is 12.2 Å². The van der Waals surface area contributed by atoms with Gasteiger partial charge in [-0.1, -0.05) is 23.7 Å². The van der Waals surface area contributed by atoms with Gasteiger partial charge in [-0.15, -0.1) is 0 Å². The molecule has 2 fully saturated rings. The summed E-state index contributed by atoms with van der Waals surface area (Å²) in [5.74, 6) is 0. The highest BCUT2D eigenvalue weighted by molar-refractivity contribution is 6.30. The van der Waals surface area contributed by atoms with E-state index in [0.717, 1.165) is 44.1 Å². The van der Waals surface area contributed by atoms with Crippen LogP contribution in [0.25, 0.3) is 0 Å². The molecule has 5 heteroatoms. The Labute approximate surface area is 144 Å². The minimum Gasteiger partial charge on any atom is -0.378 e. The quantitative estimate of drug-likeness (QED) is 0.913. The minimum atomic E-state index is 0.252. The number of hydrogen-bond acceptors (Lipinski definition) is 4. The van der Waals surface area contributed by atoms with Crippen molar-refractivity contribution in [2.75, 3.05) is 33.4 Å². The fourth-order valence-corrected chi connectivity index (χ4v) is 3.91. The van der Waals surface area contributed by atoms with E-state index in [1.165, 1.54) is 5.56 Å². The fourth-order valence-electron chi connectivity index (χ4n) is 3.78. The Balaban J connectivity index is 1.74. The molecule has 1 N–H and O–H groups in total. The summed E-state index contributed by atoms with van der Waals surface area (Å²) in [6, 6.07) is 9.04. The first-order valence-electron chi connectivity index (χ1n) is 8.52. The van der Waals surface area contributed by atoms with Gasteiger partial charge in [-0.05, 0) is 44.0 Å². The molecule has 0 bridgehead atoms. The first-order chi connectivity index (χ1) is 11.2. The second kappa shape index (κ2) is 7.95. The van der Waals surface area contributed by atoms with E-state index in [4.69, 9.17) is 21.1 Å². The number of hydrogen-bond donors (Lipinski definition) is 1. The molecule has 2 saturated heterocycles. The lowest BCUT2D eigenvalue weighted by Gasteiger charge is -2.47. The van der Waals surface area contributed by atoms with Crippen LogP contribution in [0.3, 0.4) is 0 Å². The Bertz CT molecular complexity index is 496. The Morgan fingerprint density at radius 3 is 2.87 bits per heavy atom. The molecule has 0 saturated carbocycles. The van der Waals surface area contributed by atoms with Crippen molar-refractivity contribution in [2.45, 2.75) is 44.1 Å². The van der Waals surface area contributed by atoms with Gasteiger partial charge in [0.2, 0.25) is 0 Å². The first kappa shape index (κ1) is 17.2. The number of morpholine rings is 1. The van der Waals surface area contributed by atoms with Gasteiger partial charge in [0.1, 0.15) is 0 Å². The molecule has 23 heavy (non-hydrogen) atoms. The maximum Gasteiger partial charge on any atom is 0.0851 e. The zero-order valence-corrected chi connectivity index (χ0v) is 14.8. The van der Waals surface area contributed by atoms with Crippen LogP contribution in [-0.2, 0) is 15.9 Å². The standard InChI is InChI=1S/C18H27ClN2O2/c1-13-11-21(17-7-8-20-10-18(17)22-2)16(12-23-13)9-14-3-5-15(19)6-4-14/h3-6,13,16-18,20H,7-12H2,1-2H3/t13-,16-,17-,18+/m0/s1. The highest BCUT2D eigenvalue weighted by Gasteiger charge is 2.37. The number of piperidine rings is 1. The molecule has 128 valence electrons. The van der Waals surface area contributed by atoms with E-state index in [0.29, 0.717) is 12.1 Å². The first-order valence-corrected chi connectivity index (χ1v) is 8.90. The average molecular weight is 339 g/mol. The van der Waals surface area contributed by atoms with Gasteiger partial charge in [0.05, 0.1) is 18.8 Å². The highest BCUT2D eigenvalue weighted by Crippen LogP contribution is 2.24. The Kier molecular flexibility index (Phi) is 5.94. The summed E-state index contributed by atoms with van der Waals surface area (Å²) in [5.41, 5.74) is 1.31. The molecule has 0 aromatic heterocycles. The van der Waals surface area contributed by atoms with Crippen LogP contribution in [-0.4, -0.2) is 62.5 Å². The zero-order chi connectivity index (χ0) is 16.2. The number of nitrogens with one attached hydrogen (secondary N) is 1. The van der Waals surface area contributed by atoms with Crippen LogP contribution >= 0.6 is 11.6 Å². The molecule has 0 amide bonds. The molecule has 3 rings (SSSR count). The van der Waals surface area contributed by atoms with Gasteiger partial charge in [-0.2, -0.15) is 0 Å². The van der Waals surface area contributed by atoms with E-state index >= 15 is 0 Å². The van der Waals surface area contributed by atoms with E-state index in [1.54, 1.807) is 0 Å². The predicted octanol–water partition coefficient (Wildman–Crippen LogP) is 2.35. The third kappa shape index (κ3) is 4.25. The van der Waals surface area contributed by atoms with E-state index in [9.17, 15) is 0 Å². The summed E-state index contributed by atoms with van der Waals surface area (Å²) < 4.78 is 11.7. The molecule has 2 heterocycles. The van der Waals surface area contributed by atoms with Gasteiger partial charge >= 0.3 is 0 Å². The van der Waals surface area contributed by atoms with Gasteiger partial charge in [-0.25, -0.2) is 0 Å². The van der Waals surface area contributed by atoms with Crippen molar-refractivity contribution in [2.24, 2.45) is 0 Å². The van der Waals surface area contributed by atoms with E-state index in [1.807, 2.05) is 19.2 Å². The summed E-state index contributed by atoms with van der Waals surface area (Å²) in [6.45, 7) is 5.91. The topological polar surface area (TPSA) is 33.7 Å². The predicted molar refractivity (Wildman–Crippen MR) is 93.1 cm³/mol. The van der Waals surface area contributed by atoms with Gasteiger partial charge in [0.25, 0.3) is 0 Å². The average Bonchev–Trinajstić information content (AvgIpc) is 2.58. The molecule has 0 spiro atoms. The second-order valence-corrected chi connectivity index (χ2v) is 7.10. The van der Waals surface area contributed by atoms with Gasteiger partial charge in [0, 0.05) is 37.3 Å². The second-order valence-electron chi connectivity index (χ2n) is 6.66. The zero-order valence-electron chi connectivity index (χ0n) is 14.0. The van der Waals surface area contributed by atoms with Crippen LogP contribution in [0, 0.1) is 0 Å². The summed E-state index contributed by atoms with van der Waals surface area (Å²) in [5, 5.41) is 4.23. The van der Waals surface area contributed by atoms with Crippen LogP contribution in [0.15, 0.2) is 24.3 Å². The molecule has 4 atom stereocenters. The lowest BCUT2D eigenvalue weighted by Crippen LogP contribution is -2.61. The third-order valence-electron chi connectivity index (χ3n) is 5.01. The number of methoxy groups -OCH3 is 1. The fraction of sp³-hybridized carbons (Fsp3) is 0.667. The van der Waals surface area contributed by atoms with Crippen molar-refractivity contribution in [3.63, 3.8) is 0 Å². The maximum absolute atomic E-state index is 6.00. The largest absolute Gasteiger partial charge is 0.378 e. The third-order valence-corrected chi connectivity index (χ3v) is 5.27. The van der Waals surface area contributed by atoms with Crippen LogP contribution in [0.5, 0.6) is 0 Å². The Hall–Kier alpha value is -0.650. The van der Waals surface area contributed by atoms with Crippen LogP contribution < -0.4 is 5.32 Å². The van der Waals surface area contributed by atoms with E-state index in [2.05, 4.69) is 29.3 Å². The van der Waals surface area contributed by atoms with Crippen LogP contribution in [0.1, 0.15) is 18.9 Å². The summed E-state index contributed by atoms with van der Waals surface area (Å²) in [4.78, 5) is 2.62. The van der Waals surface area contributed by atoms with Crippen molar-refractivity contribution in [3.05, 3.63) is 34.9 Å². The number of halogens is 1. The Morgan fingerprint density at radius 1 is 1.35 bits per heavy atom. The maximum atomic E-state index is 6.00. The van der Waals surface area contributed by atoms with Gasteiger partial charge in [-0.3, -0.25) is 4.90 Å². The minimum absolute atomic E-state index is 0.252. The molecule has 2 aliphatic rings. The van der Waals surface area contributed by atoms with Crippen molar-refractivity contribution < 1.29 is 9.47 Å². The highest BCUT2D eigenvalue weighted by atomic mass is 35.5. The SMILES string of the molecule is CO[C@@H]1CNCC[C@@H]1N1C[C@H](C)OC[C@@H]1Cc1ccc(Cl)cc1. The van der Waals surface area contributed by atoms with Gasteiger partial charge < -0.3 is 14.8 Å². The molecule has 4 nitrogen and oxygen atoms in total. The lowest BCUT2D eigenvalue weighted by atomic mass is 9.95. The van der Waals surface area contributed by atoms with Crippen molar-refractivity contribution in [1.82, 2.24) is 10.2 Å². The normalized spacial score (nSPS) is 32.8. The van der Waals surface area contributed by atoms with Crippen molar-refractivity contribution in [3.8, 4) is 0 Å². The molecule has 0 radical (unpaired) electrons. The summed E-state index contributed by atoms with van der Waals surface area (Å²) >= 11 is 6.00. The number of nitrogens with zero attached hydrogens (tertiary/aromatic N) is 1. The van der Waals surface area contributed by atoms with Crippen LogP contribution in [0.4, 0.5) is 0 Å². The Morgan fingerprint density at radius 2 is 2.13 bits per heavy atom. The lowest BCUT2D eigenvalue weighted by molar-refractivity contribution is -0.103. The van der Waals surface area contributed by atoms with Crippen molar-refractivity contribution >= 4 is 11.6 Å². The molecular formula is C18H27ClN2O2. The smallest absolute Gasteiger partial charge is 0.0851 e. The molecule has 1 aromatic rings. The van der Waals surface area contributed by atoms with Gasteiger partial charge in [0.15, 0.2) is 0 Å². The van der Waals surface area contributed by atoms with E-state index < -0.39 is 0 Å². The molecular weight excluding hydrogens is 312 g/mol. The number of benzene rings is 1. The summed E-state index contributed by atoms with van der Waals surface area (Å²) in [6.07, 6.45) is 2.65.